The Balaban J connectivity index is 1.44. The molecule has 1 aliphatic heterocycles. The number of fused-ring (bicyclic) bond motifs is 1. The average molecular weight is 520 g/mol. The van der Waals surface area contributed by atoms with Gasteiger partial charge in [-0.25, -0.2) is 22.8 Å². The second-order valence-corrected chi connectivity index (χ2v) is 7.37. The topological polar surface area (TPSA) is 88.1 Å². The molecule has 0 saturated carbocycles. The quantitative estimate of drug-likeness (QED) is 0.116. The van der Waals surface area contributed by atoms with E-state index in [9.17, 15) is 36.3 Å². The third kappa shape index (κ3) is 4.99. The molecule has 0 aliphatic carbocycles. The van der Waals surface area contributed by atoms with Gasteiger partial charge in [0, 0.05) is 6.07 Å². The number of hydrogen-bond acceptors (Lipinski definition) is 7. The Morgan fingerprint density at radius 3 is 2.14 bits per heavy atom. The van der Waals surface area contributed by atoms with E-state index < -0.39 is 59.2 Å². The summed E-state index contributed by atoms with van der Waals surface area (Å²) in [6.07, 6.45) is 1.42. The molecule has 37 heavy (non-hydrogen) atoms. The average Bonchev–Trinajstić information content (AvgIpc) is 3.20. The normalized spacial score (nSPS) is 13.2. The largest absolute Gasteiger partial charge is 0.476 e. The minimum absolute atomic E-state index is 0.0356. The molecule has 0 spiro atoms. The monoisotopic (exact) mass is 520 g/mol. The van der Waals surface area contributed by atoms with E-state index in [0.717, 1.165) is 0 Å². The van der Waals surface area contributed by atoms with Crippen molar-refractivity contribution in [3.05, 3.63) is 94.0 Å². The van der Waals surface area contributed by atoms with Crippen LogP contribution in [0.5, 0.6) is 17.2 Å². The summed E-state index contributed by atoms with van der Waals surface area (Å²) in [6, 6.07) is 9.84. The van der Waals surface area contributed by atoms with Crippen molar-refractivity contribution < 1.29 is 55.3 Å². The predicted octanol–water partition coefficient (Wildman–Crippen LogP) is 4.77. The van der Waals surface area contributed by atoms with E-state index >= 15 is 0 Å². The molecule has 0 fully saturated rings. The van der Waals surface area contributed by atoms with Crippen molar-refractivity contribution in [2.45, 2.75) is 0 Å². The van der Waals surface area contributed by atoms with Crippen LogP contribution in [-0.2, 0) is 9.53 Å². The lowest BCUT2D eigenvalue weighted by Gasteiger charge is -2.10. The second-order valence-electron chi connectivity index (χ2n) is 7.37. The zero-order valence-corrected chi connectivity index (χ0v) is 18.6. The van der Waals surface area contributed by atoms with Crippen LogP contribution in [0, 0.1) is 29.1 Å². The molecule has 3 aromatic carbocycles. The fourth-order valence-electron chi connectivity index (χ4n) is 3.22. The van der Waals surface area contributed by atoms with Crippen LogP contribution in [0.1, 0.15) is 26.3 Å². The number of Topliss-reactive ketones (excluding diaryl/α,β-unsaturated/α-hetero) is 1. The Kier molecular flexibility index (Phi) is 6.92. The molecule has 4 rings (SSSR count). The van der Waals surface area contributed by atoms with Crippen LogP contribution in [0.15, 0.2) is 48.2 Å². The lowest BCUT2D eigenvalue weighted by Crippen LogP contribution is -2.19. The van der Waals surface area contributed by atoms with Gasteiger partial charge in [0.25, 0.3) is 0 Å². The highest BCUT2D eigenvalue weighted by atomic mass is 19.2. The van der Waals surface area contributed by atoms with Crippen LogP contribution in [0.3, 0.4) is 0 Å². The van der Waals surface area contributed by atoms with Crippen LogP contribution >= 0.6 is 0 Å². The lowest BCUT2D eigenvalue weighted by molar-refractivity contribution is -0.136. The third-order valence-corrected chi connectivity index (χ3v) is 5.01. The molecule has 3 aromatic rings. The molecule has 0 atom stereocenters. The van der Waals surface area contributed by atoms with Gasteiger partial charge in [-0.15, -0.1) is 0 Å². The maximum atomic E-state index is 13.7. The standard InChI is InChI=1S/C25H13F5O7/c1-34-25(33)12-4-2-11(3-5-12)8-16-23(32)14-7-6-13(9-15(14)37-16)36-17(31)10-35-24-21(29)19(27)18(26)20(28)22(24)30/h2-9H,10H2,1H3/b16-8-. The minimum Gasteiger partial charge on any atom is -0.476 e. The predicted molar refractivity (Wildman–Crippen MR) is 115 cm³/mol. The first-order valence-corrected chi connectivity index (χ1v) is 10.2. The maximum Gasteiger partial charge on any atom is 0.349 e. The fourth-order valence-corrected chi connectivity index (χ4v) is 3.22. The summed E-state index contributed by atoms with van der Waals surface area (Å²) in [5.41, 5.74) is 0.998. The van der Waals surface area contributed by atoms with Crippen molar-refractivity contribution in [2.75, 3.05) is 13.7 Å². The molecule has 0 aromatic heterocycles. The van der Waals surface area contributed by atoms with E-state index in [2.05, 4.69) is 9.47 Å². The van der Waals surface area contributed by atoms with Crippen molar-refractivity contribution in [3.8, 4) is 17.2 Å². The summed E-state index contributed by atoms with van der Waals surface area (Å²) in [5.74, 6) is -15.4. The summed E-state index contributed by atoms with van der Waals surface area (Å²) in [6.45, 7) is -1.19. The number of carbonyl (C=O) groups is 3. The first kappa shape index (κ1) is 25.4. The molecule has 1 heterocycles. The molecule has 7 nitrogen and oxygen atoms in total. The van der Waals surface area contributed by atoms with Gasteiger partial charge in [-0.2, -0.15) is 8.78 Å². The molecule has 1 aliphatic rings. The molecule has 0 saturated heterocycles. The van der Waals surface area contributed by atoms with Crippen molar-refractivity contribution in [2.24, 2.45) is 0 Å². The number of allylic oxidation sites excluding steroid dienone is 1. The van der Waals surface area contributed by atoms with E-state index in [1.54, 1.807) is 12.1 Å². The number of benzene rings is 3. The molecule has 12 heteroatoms. The molecule has 190 valence electrons. The Labute approximate surface area is 204 Å². The second kappa shape index (κ2) is 10.1. The smallest absolute Gasteiger partial charge is 0.349 e. The van der Waals surface area contributed by atoms with Gasteiger partial charge >= 0.3 is 11.9 Å². The lowest BCUT2D eigenvalue weighted by atomic mass is 10.1. The van der Waals surface area contributed by atoms with Gasteiger partial charge in [0.15, 0.2) is 18.1 Å². The summed E-state index contributed by atoms with van der Waals surface area (Å²) in [4.78, 5) is 36.1. The molecule has 0 unspecified atom stereocenters. The first-order chi connectivity index (χ1) is 17.6. The zero-order valence-electron chi connectivity index (χ0n) is 18.6. The van der Waals surface area contributed by atoms with Gasteiger partial charge in [0.05, 0.1) is 18.2 Å². The van der Waals surface area contributed by atoms with Gasteiger partial charge in [-0.05, 0) is 35.9 Å². The molecular formula is C25H13F5O7. The number of esters is 2. The highest BCUT2D eigenvalue weighted by Gasteiger charge is 2.29. The Morgan fingerprint density at radius 2 is 1.51 bits per heavy atom. The Bertz CT molecular complexity index is 1440. The number of rotatable bonds is 6. The zero-order chi connectivity index (χ0) is 26.9. The van der Waals surface area contributed by atoms with E-state index in [1.165, 1.54) is 43.5 Å². The van der Waals surface area contributed by atoms with Crippen LogP contribution < -0.4 is 14.2 Å². The van der Waals surface area contributed by atoms with Crippen molar-refractivity contribution >= 4 is 23.8 Å². The van der Waals surface area contributed by atoms with E-state index in [1.807, 2.05) is 0 Å². The highest BCUT2D eigenvalue weighted by Crippen LogP contribution is 2.35. The SMILES string of the molecule is COC(=O)c1ccc(/C=C2\Oc3cc(OC(=O)COc4c(F)c(F)c(F)c(F)c4F)ccc3C2=O)cc1. The van der Waals surface area contributed by atoms with Gasteiger partial charge in [-0.1, -0.05) is 12.1 Å². The summed E-state index contributed by atoms with van der Waals surface area (Å²) in [5, 5.41) is 0. The molecule has 0 bridgehead atoms. The molecule has 0 radical (unpaired) electrons. The van der Waals surface area contributed by atoms with Gasteiger partial charge in [-0.3, -0.25) is 4.79 Å². The van der Waals surface area contributed by atoms with Gasteiger partial charge < -0.3 is 18.9 Å². The number of methoxy groups -OCH3 is 1. The molecular weight excluding hydrogens is 507 g/mol. The van der Waals surface area contributed by atoms with Crippen LogP contribution in [0.2, 0.25) is 0 Å². The number of hydrogen-bond donors (Lipinski definition) is 0. The summed E-state index contributed by atoms with van der Waals surface area (Å²) < 4.78 is 86.4. The maximum absolute atomic E-state index is 13.7. The van der Waals surface area contributed by atoms with Crippen molar-refractivity contribution in [3.63, 3.8) is 0 Å². The van der Waals surface area contributed by atoms with Gasteiger partial charge in [0.1, 0.15) is 11.5 Å². The summed E-state index contributed by atoms with van der Waals surface area (Å²) >= 11 is 0. The number of ether oxygens (including phenoxy) is 4. The first-order valence-electron chi connectivity index (χ1n) is 10.2. The minimum atomic E-state index is -2.37. The number of ketones is 1. The highest BCUT2D eigenvalue weighted by molar-refractivity contribution is 6.14. The van der Waals surface area contributed by atoms with Crippen LogP contribution in [0.25, 0.3) is 6.08 Å². The Morgan fingerprint density at radius 1 is 0.892 bits per heavy atom. The van der Waals surface area contributed by atoms with Crippen molar-refractivity contribution in [1.29, 1.82) is 0 Å². The van der Waals surface area contributed by atoms with Crippen molar-refractivity contribution in [1.82, 2.24) is 0 Å². The third-order valence-electron chi connectivity index (χ3n) is 5.01. The molecule has 0 N–H and O–H groups in total. The van der Waals surface area contributed by atoms with E-state index in [4.69, 9.17) is 9.47 Å². The number of halogens is 5. The van der Waals surface area contributed by atoms with E-state index in [-0.39, 0.29) is 22.8 Å². The van der Waals surface area contributed by atoms with Crippen LogP contribution in [-0.4, -0.2) is 31.4 Å². The van der Waals surface area contributed by atoms with Gasteiger partial charge in [0.2, 0.25) is 34.9 Å². The van der Waals surface area contributed by atoms with E-state index in [0.29, 0.717) is 11.1 Å². The molecule has 0 amide bonds. The Hall–Kier alpha value is -4.74. The van der Waals surface area contributed by atoms with Crippen LogP contribution in [0.4, 0.5) is 22.0 Å². The fraction of sp³-hybridized carbons (Fsp3) is 0.0800. The number of carbonyl (C=O) groups excluding carboxylic acids is 3. The summed E-state index contributed by atoms with van der Waals surface area (Å²) in [7, 11) is 1.24.